The average Bonchev–Trinajstić information content (AvgIpc) is 2.03. The Morgan fingerprint density at radius 1 is 1.43 bits per heavy atom. The van der Waals surface area contributed by atoms with Crippen molar-refractivity contribution in [2.24, 2.45) is 0 Å². The van der Waals surface area contributed by atoms with Gasteiger partial charge >= 0.3 is 5.97 Å². The number of amides is 1. The van der Waals surface area contributed by atoms with Crippen LogP contribution in [0, 0.1) is 0 Å². The smallest absolute Gasteiger partial charge is 0.338 e. The average molecular weight is 203 g/mol. The molecule has 0 aromatic carbocycles. The first-order valence-corrected chi connectivity index (χ1v) is 4.41. The molecule has 0 spiro atoms. The Morgan fingerprint density at radius 3 is 2.29 bits per heavy atom. The summed E-state index contributed by atoms with van der Waals surface area (Å²) in [6.07, 6.45) is -0.265. The van der Waals surface area contributed by atoms with Crippen molar-refractivity contribution < 1.29 is 19.4 Å². The molecular formula is C9H17NO4. The standard InChI is InChI=1S/C9H17NO4/c1-5-14-8(12)9(2,13)6-7(11)10(3)4/h13H,5-6H2,1-4H3. The van der Waals surface area contributed by atoms with E-state index in [1.54, 1.807) is 21.0 Å². The summed E-state index contributed by atoms with van der Waals surface area (Å²) >= 11 is 0. The van der Waals surface area contributed by atoms with Gasteiger partial charge in [-0.25, -0.2) is 4.79 Å². The van der Waals surface area contributed by atoms with Gasteiger partial charge in [0, 0.05) is 14.1 Å². The van der Waals surface area contributed by atoms with Crippen molar-refractivity contribution in [1.29, 1.82) is 0 Å². The second kappa shape index (κ2) is 4.95. The van der Waals surface area contributed by atoms with Crippen LogP contribution < -0.4 is 0 Å². The summed E-state index contributed by atoms with van der Waals surface area (Å²) in [5.74, 6) is -1.08. The Balaban J connectivity index is 4.33. The third-order valence-electron chi connectivity index (χ3n) is 1.71. The quantitative estimate of drug-likeness (QED) is 0.641. The number of hydrogen-bond acceptors (Lipinski definition) is 4. The highest BCUT2D eigenvalue weighted by atomic mass is 16.5. The van der Waals surface area contributed by atoms with Crippen LogP contribution in [0.5, 0.6) is 0 Å². The fourth-order valence-corrected chi connectivity index (χ4v) is 0.811. The topological polar surface area (TPSA) is 66.8 Å². The molecule has 5 heteroatoms. The molecule has 5 nitrogen and oxygen atoms in total. The zero-order valence-corrected chi connectivity index (χ0v) is 9.03. The number of esters is 1. The van der Waals surface area contributed by atoms with E-state index in [9.17, 15) is 14.7 Å². The van der Waals surface area contributed by atoms with Crippen molar-refractivity contribution in [2.75, 3.05) is 20.7 Å². The number of carbonyl (C=O) groups is 2. The number of hydrogen-bond donors (Lipinski definition) is 1. The minimum Gasteiger partial charge on any atom is -0.464 e. The lowest BCUT2D eigenvalue weighted by molar-refractivity contribution is -0.166. The third-order valence-corrected chi connectivity index (χ3v) is 1.71. The van der Waals surface area contributed by atoms with Gasteiger partial charge < -0.3 is 14.7 Å². The van der Waals surface area contributed by atoms with Crippen LogP contribution in [-0.2, 0) is 14.3 Å². The normalized spacial score (nSPS) is 14.4. The van der Waals surface area contributed by atoms with Gasteiger partial charge in [0.15, 0.2) is 5.60 Å². The SMILES string of the molecule is CCOC(=O)C(C)(O)CC(=O)N(C)C. The fraction of sp³-hybridized carbons (Fsp3) is 0.778. The highest BCUT2D eigenvalue weighted by Gasteiger charge is 2.34. The molecule has 1 atom stereocenters. The second-order valence-electron chi connectivity index (χ2n) is 3.46. The van der Waals surface area contributed by atoms with E-state index in [0.29, 0.717) is 0 Å². The van der Waals surface area contributed by atoms with E-state index in [0.717, 1.165) is 0 Å². The van der Waals surface area contributed by atoms with Crippen molar-refractivity contribution in [3.05, 3.63) is 0 Å². The highest BCUT2D eigenvalue weighted by molar-refractivity contribution is 5.87. The van der Waals surface area contributed by atoms with E-state index < -0.39 is 11.6 Å². The number of rotatable bonds is 4. The summed E-state index contributed by atoms with van der Waals surface area (Å²) in [7, 11) is 3.12. The van der Waals surface area contributed by atoms with E-state index in [1.165, 1.54) is 11.8 Å². The predicted molar refractivity (Wildman–Crippen MR) is 50.6 cm³/mol. The molecule has 0 aliphatic rings. The Kier molecular flexibility index (Phi) is 4.56. The van der Waals surface area contributed by atoms with Crippen molar-refractivity contribution in [3.63, 3.8) is 0 Å². The molecule has 0 heterocycles. The van der Waals surface area contributed by atoms with Crippen molar-refractivity contribution >= 4 is 11.9 Å². The molecule has 14 heavy (non-hydrogen) atoms. The van der Waals surface area contributed by atoms with Crippen LogP contribution in [0.1, 0.15) is 20.3 Å². The first kappa shape index (κ1) is 12.9. The molecule has 0 saturated carbocycles. The summed E-state index contributed by atoms with van der Waals surface area (Å²) in [5.41, 5.74) is -1.74. The molecule has 0 aliphatic carbocycles. The Bertz CT molecular complexity index is 223. The Labute approximate surface area is 83.6 Å². The number of nitrogens with zero attached hydrogens (tertiary/aromatic N) is 1. The second-order valence-corrected chi connectivity index (χ2v) is 3.46. The van der Waals surface area contributed by atoms with Crippen LogP contribution in [0.4, 0.5) is 0 Å². The van der Waals surface area contributed by atoms with Gasteiger partial charge in [0.25, 0.3) is 0 Å². The molecule has 0 saturated heterocycles. The third kappa shape index (κ3) is 3.74. The summed E-state index contributed by atoms with van der Waals surface area (Å²) in [5, 5.41) is 9.61. The summed E-state index contributed by atoms with van der Waals surface area (Å²) in [4.78, 5) is 23.7. The van der Waals surface area contributed by atoms with Gasteiger partial charge in [-0.15, -0.1) is 0 Å². The molecule has 1 N–H and O–H groups in total. The van der Waals surface area contributed by atoms with E-state index in [2.05, 4.69) is 4.74 Å². The van der Waals surface area contributed by atoms with Gasteiger partial charge in [-0.2, -0.15) is 0 Å². The van der Waals surface area contributed by atoms with Crippen molar-refractivity contribution in [1.82, 2.24) is 4.90 Å². The molecule has 0 radical (unpaired) electrons. The van der Waals surface area contributed by atoms with Crippen LogP contribution in [0.2, 0.25) is 0 Å². The molecular weight excluding hydrogens is 186 g/mol. The molecule has 0 rings (SSSR count). The molecule has 0 aliphatic heterocycles. The molecule has 1 unspecified atom stereocenters. The predicted octanol–water partition coefficient (Wildman–Crippen LogP) is -0.221. The first-order chi connectivity index (χ1) is 6.31. The van der Waals surface area contributed by atoms with Crippen LogP contribution in [0.3, 0.4) is 0 Å². The van der Waals surface area contributed by atoms with E-state index in [-0.39, 0.29) is 18.9 Å². The van der Waals surface area contributed by atoms with Gasteiger partial charge in [-0.05, 0) is 13.8 Å². The maximum absolute atomic E-state index is 11.2. The largest absolute Gasteiger partial charge is 0.464 e. The summed E-state index contributed by atoms with van der Waals surface area (Å²) in [6.45, 7) is 3.10. The number of carbonyl (C=O) groups excluding carboxylic acids is 2. The van der Waals surface area contributed by atoms with Crippen LogP contribution in [0.15, 0.2) is 0 Å². The first-order valence-electron chi connectivity index (χ1n) is 4.41. The molecule has 0 aromatic rings. The molecule has 82 valence electrons. The number of ether oxygens (including phenoxy) is 1. The zero-order chi connectivity index (χ0) is 11.4. The zero-order valence-electron chi connectivity index (χ0n) is 9.03. The molecule has 0 bridgehead atoms. The maximum Gasteiger partial charge on any atom is 0.338 e. The Morgan fingerprint density at radius 2 is 1.93 bits per heavy atom. The molecule has 0 fully saturated rings. The summed E-state index contributed by atoms with van der Waals surface area (Å²) < 4.78 is 4.63. The van der Waals surface area contributed by atoms with E-state index in [4.69, 9.17) is 0 Å². The van der Waals surface area contributed by atoms with Gasteiger partial charge in [-0.3, -0.25) is 4.79 Å². The van der Waals surface area contributed by atoms with E-state index >= 15 is 0 Å². The van der Waals surface area contributed by atoms with Crippen LogP contribution in [0.25, 0.3) is 0 Å². The van der Waals surface area contributed by atoms with Gasteiger partial charge in [0.05, 0.1) is 13.0 Å². The minimum atomic E-state index is -1.74. The highest BCUT2D eigenvalue weighted by Crippen LogP contribution is 2.12. The molecule has 1 amide bonds. The van der Waals surface area contributed by atoms with Gasteiger partial charge in [0.1, 0.15) is 0 Å². The maximum atomic E-state index is 11.2. The van der Waals surface area contributed by atoms with Crippen molar-refractivity contribution in [2.45, 2.75) is 25.9 Å². The summed E-state index contributed by atoms with van der Waals surface area (Å²) in [6, 6.07) is 0. The fourth-order valence-electron chi connectivity index (χ4n) is 0.811. The lowest BCUT2D eigenvalue weighted by Gasteiger charge is -2.22. The molecule has 0 aromatic heterocycles. The lowest BCUT2D eigenvalue weighted by atomic mass is 10.0. The van der Waals surface area contributed by atoms with Crippen molar-refractivity contribution in [3.8, 4) is 0 Å². The van der Waals surface area contributed by atoms with E-state index in [1.807, 2.05) is 0 Å². The minimum absolute atomic E-state index is 0.186. The van der Waals surface area contributed by atoms with Gasteiger partial charge in [0.2, 0.25) is 5.91 Å². The van der Waals surface area contributed by atoms with Gasteiger partial charge in [-0.1, -0.05) is 0 Å². The van der Waals surface area contributed by atoms with Crippen LogP contribution >= 0.6 is 0 Å². The Hall–Kier alpha value is -1.10. The lowest BCUT2D eigenvalue weighted by Crippen LogP contribution is -2.41. The monoisotopic (exact) mass is 203 g/mol. The number of aliphatic hydroxyl groups is 1. The van der Waals surface area contributed by atoms with Crippen LogP contribution in [-0.4, -0.2) is 48.2 Å².